The number of hydrogen-bond acceptors (Lipinski definition) is 4. The number of aryl methyl sites for hydroxylation is 1. The molecule has 1 unspecified atom stereocenters. The van der Waals surface area contributed by atoms with E-state index in [1.165, 1.54) is 0 Å². The van der Waals surface area contributed by atoms with Crippen LogP contribution in [0.1, 0.15) is 38.3 Å². The SMILES string of the molecule is COCCCCS(=O)(=O)N1CC(C)(C)C1c1cnn(C)c1. The van der Waals surface area contributed by atoms with Gasteiger partial charge in [0.2, 0.25) is 10.0 Å². The fourth-order valence-corrected chi connectivity index (χ4v) is 5.02. The molecule has 7 heteroatoms. The highest BCUT2D eigenvalue weighted by atomic mass is 32.2. The Morgan fingerprint density at radius 3 is 2.67 bits per heavy atom. The van der Waals surface area contributed by atoms with Crippen molar-refractivity contribution >= 4 is 10.0 Å². The summed E-state index contributed by atoms with van der Waals surface area (Å²) >= 11 is 0. The third kappa shape index (κ3) is 3.46. The van der Waals surface area contributed by atoms with Crippen molar-refractivity contribution in [2.24, 2.45) is 12.5 Å². The minimum Gasteiger partial charge on any atom is -0.385 e. The molecule has 2 heterocycles. The molecule has 1 atom stereocenters. The molecule has 2 rings (SSSR count). The van der Waals surface area contributed by atoms with E-state index < -0.39 is 10.0 Å². The molecular weight excluding hydrogens is 290 g/mol. The van der Waals surface area contributed by atoms with E-state index >= 15 is 0 Å². The number of unbranched alkanes of at least 4 members (excludes halogenated alkanes) is 1. The lowest BCUT2D eigenvalue weighted by atomic mass is 9.74. The number of nitrogens with zero attached hydrogens (tertiary/aromatic N) is 3. The summed E-state index contributed by atoms with van der Waals surface area (Å²) in [5, 5.41) is 4.17. The summed E-state index contributed by atoms with van der Waals surface area (Å²) < 4.78 is 33.3. The standard InChI is InChI=1S/C14H25N3O3S/c1-14(2)11-17(13(14)12-9-15-16(3)10-12)21(18,19)8-6-5-7-20-4/h9-10,13H,5-8,11H2,1-4H3. The predicted octanol–water partition coefficient (Wildman–Crippen LogP) is 1.56. The van der Waals surface area contributed by atoms with Crippen LogP contribution in [0.4, 0.5) is 0 Å². The first-order valence-corrected chi connectivity index (χ1v) is 8.86. The molecule has 0 saturated carbocycles. The number of hydrogen-bond donors (Lipinski definition) is 0. The van der Waals surface area contributed by atoms with Crippen LogP contribution in [0.3, 0.4) is 0 Å². The second-order valence-electron chi connectivity index (χ2n) is 6.40. The third-order valence-electron chi connectivity index (χ3n) is 3.99. The molecule has 1 fully saturated rings. The van der Waals surface area contributed by atoms with Crippen molar-refractivity contribution in [3.05, 3.63) is 18.0 Å². The van der Waals surface area contributed by atoms with Gasteiger partial charge in [-0.1, -0.05) is 13.8 Å². The number of sulfonamides is 1. The van der Waals surface area contributed by atoms with Gasteiger partial charge >= 0.3 is 0 Å². The van der Waals surface area contributed by atoms with Crippen LogP contribution in [0.2, 0.25) is 0 Å². The Bertz CT molecular complexity index is 580. The summed E-state index contributed by atoms with van der Waals surface area (Å²) in [6, 6.07) is -0.112. The zero-order valence-corrected chi connectivity index (χ0v) is 14.1. The zero-order chi connectivity index (χ0) is 15.7. The van der Waals surface area contributed by atoms with E-state index in [1.807, 2.05) is 13.2 Å². The van der Waals surface area contributed by atoms with E-state index in [-0.39, 0.29) is 17.2 Å². The maximum absolute atomic E-state index is 12.5. The van der Waals surface area contributed by atoms with E-state index in [2.05, 4.69) is 18.9 Å². The Labute approximate surface area is 127 Å². The highest BCUT2D eigenvalue weighted by Gasteiger charge is 2.52. The van der Waals surface area contributed by atoms with Crippen LogP contribution in [-0.4, -0.2) is 48.5 Å². The average molecular weight is 315 g/mol. The number of ether oxygens (including phenoxy) is 1. The summed E-state index contributed by atoms with van der Waals surface area (Å²) in [6.45, 7) is 5.37. The van der Waals surface area contributed by atoms with Crippen molar-refractivity contribution in [3.8, 4) is 0 Å². The zero-order valence-electron chi connectivity index (χ0n) is 13.2. The maximum atomic E-state index is 12.5. The summed E-state index contributed by atoms with van der Waals surface area (Å²) in [5.74, 6) is 0.184. The monoisotopic (exact) mass is 315 g/mol. The molecule has 0 bridgehead atoms. The van der Waals surface area contributed by atoms with Gasteiger partial charge in [-0.2, -0.15) is 9.40 Å². The first-order chi connectivity index (χ1) is 9.78. The largest absolute Gasteiger partial charge is 0.385 e. The van der Waals surface area contributed by atoms with Crippen molar-refractivity contribution in [1.82, 2.24) is 14.1 Å². The molecule has 0 spiro atoms. The van der Waals surface area contributed by atoms with Crippen LogP contribution in [0.15, 0.2) is 12.4 Å². The molecule has 0 amide bonds. The Hall–Kier alpha value is -0.920. The molecule has 0 aromatic carbocycles. The van der Waals surface area contributed by atoms with Crippen LogP contribution in [0.25, 0.3) is 0 Å². The van der Waals surface area contributed by atoms with Gasteiger partial charge < -0.3 is 4.74 Å². The molecule has 21 heavy (non-hydrogen) atoms. The van der Waals surface area contributed by atoms with Crippen LogP contribution in [0, 0.1) is 5.41 Å². The van der Waals surface area contributed by atoms with Crippen molar-refractivity contribution in [2.45, 2.75) is 32.7 Å². The van der Waals surface area contributed by atoms with Crippen LogP contribution in [-0.2, 0) is 21.8 Å². The van der Waals surface area contributed by atoms with E-state index in [1.54, 1.807) is 22.3 Å². The van der Waals surface area contributed by atoms with Crippen molar-refractivity contribution in [2.75, 3.05) is 26.0 Å². The summed E-state index contributed by atoms with van der Waals surface area (Å²) in [5.41, 5.74) is 0.914. The molecule has 1 aromatic rings. The number of methoxy groups -OCH3 is 1. The van der Waals surface area contributed by atoms with E-state index in [9.17, 15) is 8.42 Å². The number of aromatic nitrogens is 2. The van der Waals surface area contributed by atoms with Gasteiger partial charge in [0.05, 0.1) is 18.0 Å². The Morgan fingerprint density at radius 2 is 2.14 bits per heavy atom. The smallest absolute Gasteiger partial charge is 0.214 e. The molecule has 1 aliphatic heterocycles. The fourth-order valence-electron chi connectivity index (χ4n) is 2.96. The van der Waals surface area contributed by atoms with E-state index in [4.69, 9.17) is 4.74 Å². The lowest BCUT2D eigenvalue weighted by Gasteiger charge is -2.52. The molecule has 0 radical (unpaired) electrons. The second kappa shape index (κ2) is 6.06. The van der Waals surface area contributed by atoms with Gasteiger partial charge in [0.15, 0.2) is 0 Å². The topological polar surface area (TPSA) is 64.4 Å². The molecular formula is C14H25N3O3S. The molecule has 1 aliphatic rings. The molecule has 120 valence electrons. The summed E-state index contributed by atoms with van der Waals surface area (Å²) in [4.78, 5) is 0. The van der Waals surface area contributed by atoms with Crippen molar-refractivity contribution in [1.29, 1.82) is 0 Å². The van der Waals surface area contributed by atoms with Crippen LogP contribution < -0.4 is 0 Å². The van der Waals surface area contributed by atoms with Gasteiger partial charge in [0, 0.05) is 39.1 Å². The molecule has 1 saturated heterocycles. The van der Waals surface area contributed by atoms with Gasteiger partial charge in [-0.15, -0.1) is 0 Å². The summed E-state index contributed by atoms with van der Waals surface area (Å²) in [6.07, 6.45) is 5.06. The predicted molar refractivity (Wildman–Crippen MR) is 81.3 cm³/mol. The van der Waals surface area contributed by atoms with Crippen molar-refractivity contribution < 1.29 is 13.2 Å². The Kier molecular flexibility index (Phi) is 4.75. The lowest BCUT2D eigenvalue weighted by Crippen LogP contribution is -2.58. The minimum atomic E-state index is -3.22. The lowest BCUT2D eigenvalue weighted by molar-refractivity contribution is 0.0197. The minimum absolute atomic E-state index is 0.0529. The average Bonchev–Trinajstić information content (AvgIpc) is 2.78. The van der Waals surface area contributed by atoms with Gasteiger partial charge in [0.25, 0.3) is 0 Å². The second-order valence-corrected chi connectivity index (χ2v) is 8.44. The van der Waals surface area contributed by atoms with Gasteiger partial charge in [-0.3, -0.25) is 4.68 Å². The highest BCUT2D eigenvalue weighted by molar-refractivity contribution is 7.89. The first kappa shape index (κ1) is 16.5. The fraction of sp³-hybridized carbons (Fsp3) is 0.786. The van der Waals surface area contributed by atoms with E-state index in [0.29, 0.717) is 19.6 Å². The van der Waals surface area contributed by atoms with Crippen LogP contribution in [0.5, 0.6) is 0 Å². The normalized spacial score (nSPS) is 22.2. The van der Waals surface area contributed by atoms with Gasteiger partial charge in [-0.25, -0.2) is 8.42 Å². The summed E-state index contributed by atoms with van der Waals surface area (Å²) in [7, 11) is 0.253. The first-order valence-electron chi connectivity index (χ1n) is 7.25. The molecule has 6 nitrogen and oxygen atoms in total. The molecule has 0 N–H and O–H groups in total. The highest BCUT2D eigenvalue weighted by Crippen LogP contribution is 2.49. The maximum Gasteiger partial charge on any atom is 0.214 e. The Balaban J connectivity index is 2.08. The Morgan fingerprint density at radius 1 is 1.43 bits per heavy atom. The third-order valence-corrected chi connectivity index (χ3v) is 5.85. The molecule has 1 aromatic heterocycles. The van der Waals surface area contributed by atoms with Gasteiger partial charge in [0.1, 0.15) is 0 Å². The van der Waals surface area contributed by atoms with Crippen LogP contribution >= 0.6 is 0 Å². The number of rotatable bonds is 7. The van der Waals surface area contributed by atoms with Gasteiger partial charge in [-0.05, 0) is 18.3 Å². The van der Waals surface area contributed by atoms with Crippen molar-refractivity contribution in [3.63, 3.8) is 0 Å². The quantitative estimate of drug-likeness (QED) is 0.716. The van der Waals surface area contributed by atoms with E-state index in [0.717, 1.165) is 12.0 Å². The molecule has 0 aliphatic carbocycles.